The first-order valence-corrected chi connectivity index (χ1v) is 6.24. The van der Waals surface area contributed by atoms with Gasteiger partial charge >= 0.3 is 5.97 Å². The van der Waals surface area contributed by atoms with Crippen LogP contribution in [-0.4, -0.2) is 46.5 Å². The topological polar surface area (TPSA) is 82.5 Å². The summed E-state index contributed by atoms with van der Waals surface area (Å²) in [6, 6.07) is 3.82. The van der Waals surface area contributed by atoms with Gasteiger partial charge in [0.25, 0.3) is 0 Å². The second kappa shape index (κ2) is 5.69. The number of amides is 1. The van der Waals surface area contributed by atoms with Gasteiger partial charge in [-0.25, -0.2) is 4.98 Å². The number of nitrogens with one attached hydrogen (secondary N) is 1. The van der Waals surface area contributed by atoms with Crippen molar-refractivity contribution in [3.05, 3.63) is 23.9 Å². The Bertz CT molecular complexity index is 490. The van der Waals surface area contributed by atoms with E-state index in [0.717, 1.165) is 11.4 Å². The van der Waals surface area contributed by atoms with Gasteiger partial charge in [0.2, 0.25) is 5.91 Å². The summed E-state index contributed by atoms with van der Waals surface area (Å²) >= 11 is 0. The molecule has 1 fully saturated rings. The number of carbonyl (C=O) groups excluding carboxylic acids is 1. The molecule has 0 saturated carbocycles. The molecule has 0 bridgehead atoms. The van der Waals surface area contributed by atoms with E-state index in [1.165, 1.54) is 0 Å². The molecule has 1 aromatic heterocycles. The lowest BCUT2D eigenvalue weighted by Gasteiger charge is -2.16. The van der Waals surface area contributed by atoms with Gasteiger partial charge in [0.1, 0.15) is 5.82 Å². The second-order valence-corrected chi connectivity index (χ2v) is 4.67. The highest BCUT2D eigenvalue weighted by atomic mass is 16.4. The highest BCUT2D eigenvalue weighted by Gasteiger charge is 2.33. The summed E-state index contributed by atoms with van der Waals surface area (Å²) in [5, 5.41) is 12.0. The van der Waals surface area contributed by atoms with Crippen molar-refractivity contribution < 1.29 is 14.7 Å². The molecule has 0 aromatic carbocycles. The van der Waals surface area contributed by atoms with E-state index in [2.05, 4.69) is 10.3 Å². The fourth-order valence-corrected chi connectivity index (χ4v) is 2.13. The Labute approximate surface area is 111 Å². The molecule has 1 aliphatic heterocycles. The minimum atomic E-state index is -0.899. The molecule has 19 heavy (non-hydrogen) atoms. The van der Waals surface area contributed by atoms with Crippen molar-refractivity contribution in [3.63, 3.8) is 0 Å². The van der Waals surface area contributed by atoms with Gasteiger partial charge in [-0.2, -0.15) is 0 Å². The minimum Gasteiger partial charge on any atom is -0.481 e. The Kier molecular flexibility index (Phi) is 3.99. The van der Waals surface area contributed by atoms with Crippen LogP contribution in [0.3, 0.4) is 0 Å². The quantitative estimate of drug-likeness (QED) is 0.818. The summed E-state index contributed by atoms with van der Waals surface area (Å²) in [4.78, 5) is 28.2. The van der Waals surface area contributed by atoms with Crippen LogP contribution in [0.5, 0.6) is 0 Å². The smallest absolute Gasteiger partial charge is 0.308 e. The van der Waals surface area contributed by atoms with E-state index in [9.17, 15) is 9.59 Å². The molecule has 2 N–H and O–H groups in total. The Morgan fingerprint density at radius 3 is 3.05 bits per heavy atom. The number of rotatable bonds is 5. The molecule has 0 radical (unpaired) electrons. The molecule has 1 atom stereocenters. The van der Waals surface area contributed by atoms with Crippen molar-refractivity contribution in [1.82, 2.24) is 9.88 Å². The summed E-state index contributed by atoms with van der Waals surface area (Å²) < 4.78 is 0. The molecule has 2 heterocycles. The normalized spacial score (nSPS) is 18.7. The van der Waals surface area contributed by atoms with Crippen LogP contribution in [0.25, 0.3) is 0 Å². The maximum Gasteiger partial charge on any atom is 0.308 e. The van der Waals surface area contributed by atoms with Gasteiger partial charge in [0.05, 0.1) is 5.92 Å². The molecule has 1 saturated heterocycles. The van der Waals surface area contributed by atoms with Crippen LogP contribution in [-0.2, 0) is 9.59 Å². The Balaban J connectivity index is 1.82. The Hall–Kier alpha value is -2.11. The Morgan fingerprint density at radius 2 is 2.42 bits per heavy atom. The maximum absolute atomic E-state index is 11.6. The zero-order valence-electron chi connectivity index (χ0n) is 10.8. The van der Waals surface area contributed by atoms with Crippen LogP contribution < -0.4 is 5.32 Å². The number of hydrogen-bond acceptors (Lipinski definition) is 4. The van der Waals surface area contributed by atoms with Crippen molar-refractivity contribution >= 4 is 17.7 Å². The van der Waals surface area contributed by atoms with E-state index in [1.807, 2.05) is 19.1 Å². The van der Waals surface area contributed by atoms with Crippen molar-refractivity contribution in [2.45, 2.75) is 13.3 Å². The zero-order chi connectivity index (χ0) is 13.8. The number of likely N-dealkylation sites (tertiary alicyclic amines) is 1. The van der Waals surface area contributed by atoms with Gasteiger partial charge in [-0.15, -0.1) is 0 Å². The molecule has 1 unspecified atom stereocenters. The fourth-order valence-electron chi connectivity index (χ4n) is 2.13. The largest absolute Gasteiger partial charge is 0.481 e. The molecule has 6 heteroatoms. The van der Waals surface area contributed by atoms with E-state index in [4.69, 9.17) is 5.11 Å². The number of hydrogen-bond donors (Lipinski definition) is 2. The summed E-state index contributed by atoms with van der Waals surface area (Å²) in [5.41, 5.74) is 1.04. The van der Waals surface area contributed by atoms with Gasteiger partial charge in [-0.1, -0.05) is 6.07 Å². The van der Waals surface area contributed by atoms with Crippen molar-refractivity contribution in [3.8, 4) is 0 Å². The molecule has 2 rings (SSSR count). The van der Waals surface area contributed by atoms with Crippen LogP contribution >= 0.6 is 0 Å². The molecular formula is C13H17N3O3. The van der Waals surface area contributed by atoms with Crippen molar-refractivity contribution in [2.24, 2.45) is 5.92 Å². The molecule has 1 aliphatic rings. The number of carbonyl (C=O) groups is 2. The summed E-state index contributed by atoms with van der Waals surface area (Å²) in [5.74, 6) is -0.760. The monoisotopic (exact) mass is 263 g/mol. The summed E-state index contributed by atoms with van der Waals surface area (Å²) in [7, 11) is 0. The lowest BCUT2D eigenvalue weighted by atomic mass is 10.1. The van der Waals surface area contributed by atoms with Crippen LogP contribution in [0, 0.1) is 12.8 Å². The molecular weight excluding hydrogens is 246 g/mol. The first-order chi connectivity index (χ1) is 9.08. The molecule has 0 spiro atoms. The van der Waals surface area contributed by atoms with Gasteiger partial charge in [0.15, 0.2) is 0 Å². The minimum absolute atomic E-state index is 0.0908. The third kappa shape index (κ3) is 3.21. The fraction of sp³-hybridized carbons (Fsp3) is 0.462. The first kappa shape index (κ1) is 13.3. The highest BCUT2D eigenvalue weighted by Crippen LogP contribution is 2.17. The average Bonchev–Trinajstić information content (AvgIpc) is 2.74. The number of pyridine rings is 1. The predicted molar refractivity (Wildman–Crippen MR) is 69.8 cm³/mol. The molecule has 6 nitrogen and oxygen atoms in total. The van der Waals surface area contributed by atoms with E-state index >= 15 is 0 Å². The lowest BCUT2D eigenvalue weighted by Crippen LogP contribution is -2.31. The van der Waals surface area contributed by atoms with Gasteiger partial charge < -0.3 is 15.3 Å². The zero-order valence-corrected chi connectivity index (χ0v) is 10.8. The van der Waals surface area contributed by atoms with Gasteiger partial charge in [0, 0.05) is 32.3 Å². The molecule has 1 amide bonds. The Morgan fingerprint density at radius 1 is 1.63 bits per heavy atom. The maximum atomic E-state index is 11.6. The number of aryl methyl sites for hydroxylation is 1. The van der Waals surface area contributed by atoms with Crippen LogP contribution in [0.15, 0.2) is 18.3 Å². The standard InChI is InChI=1S/C13H17N3O3/c1-9-3-2-4-14-12(9)15-5-6-16-8-10(13(18)19)7-11(16)17/h2-4,10H,5-8H2,1H3,(H,14,15)(H,18,19). The number of aromatic nitrogens is 1. The molecule has 0 aliphatic carbocycles. The van der Waals surface area contributed by atoms with Crippen LogP contribution in [0.2, 0.25) is 0 Å². The number of nitrogens with zero attached hydrogens (tertiary/aromatic N) is 2. The number of carboxylic acids is 1. The number of anilines is 1. The van der Waals surface area contributed by atoms with E-state index < -0.39 is 11.9 Å². The number of carboxylic acid groups (broad SMARTS) is 1. The molecule has 1 aromatic rings. The van der Waals surface area contributed by atoms with Crippen LogP contribution in [0.4, 0.5) is 5.82 Å². The van der Waals surface area contributed by atoms with E-state index in [-0.39, 0.29) is 12.3 Å². The first-order valence-electron chi connectivity index (χ1n) is 6.24. The number of aliphatic carboxylic acids is 1. The van der Waals surface area contributed by atoms with Crippen LogP contribution in [0.1, 0.15) is 12.0 Å². The van der Waals surface area contributed by atoms with E-state index in [1.54, 1.807) is 11.1 Å². The SMILES string of the molecule is Cc1cccnc1NCCN1CC(C(=O)O)CC1=O. The summed E-state index contributed by atoms with van der Waals surface area (Å²) in [6.45, 7) is 3.32. The molecule has 102 valence electrons. The van der Waals surface area contributed by atoms with Gasteiger partial charge in [-0.3, -0.25) is 9.59 Å². The summed E-state index contributed by atoms with van der Waals surface area (Å²) in [6.07, 6.45) is 1.81. The third-order valence-electron chi connectivity index (χ3n) is 3.25. The second-order valence-electron chi connectivity index (χ2n) is 4.67. The van der Waals surface area contributed by atoms with E-state index in [0.29, 0.717) is 19.6 Å². The highest BCUT2D eigenvalue weighted by molar-refractivity contribution is 5.86. The predicted octanol–water partition coefficient (Wildman–Crippen LogP) is 0.735. The van der Waals surface area contributed by atoms with Crippen molar-refractivity contribution in [2.75, 3.05) is 25.0 Å². The third-order valence-corrected chi connectivity index (χ3v) is 3.25. The lowest BCUT2D eigenvalue weighted by molar-refractivity contribution is -0.141. The van der Waals surface area contributed by atoms with Gasteiger partial charge in [-0.05, 0) is 18.6 Å². The van der Waals surface area contributed by atoms with Crippen molar-refractivity contribution in [1.29, 1.82) is 0 Å². The average molecular weight is 263 g/mol.